The summed E-state index contributed by atoms with van der Waals surface area (Å²) >= 11 is 5.99. The predicted molar refractivity (Wildman–Crippen MR) is 113 cm³/mol. The highest BCUT2D eigenvalue weighted by Crippen LogP contribution is 2.29. The fourth-order valence-corrected chi connectivity index (χ4v) is 3.11. The van der Waals surface area contributed by atoms with Crippen molar-refractivity contribution < 1.29 is 14.3 Å². The first-order chi connectivity index (χ1) is 14.1. The number of hydrogen-bond donors (Lipinski definition) is 2. The zero-order valence-corrected chi connectivity index (χ0v) is 16.7. The third-order valence-electron chi connectivity index (χ3n) is 4.40. The van der Waals surface area contributed by atoms with Gasteiger partial charge in [0.15, 0.2) is 0 Å². The molecular formula is C21H21ClN4O3. The number of nitrogens with one attached hydrogen (secondary N) is 2. The van der Waals surface area contributed by atoms with Gasteiger partial charge in [0.1, 0.15) is 17.4 Å². The molecule has 1 aliphatic heterocycles. The number of morpholine rings is 1. The molecule has 0 aliphatic carbocycles. The van der Waals surface area contributed by atoms with E-state index in [1.54, 1.807) is 18.2 Å². The van der Waals surface area contributed by atoms with E-state index in [1.807, 2.05) is 30.3 Å². The maximum atomic E-state index is 12.6. The van der Waals surface area contributed by atoms with E-state index in [0.717, 1.165) is 24.5 Å². The van der Waals surface area contributed by atoms with Crippen LogP contribution in [0.15, 0.2) is 54.2 Å². The quantitative estimate of drug-likeness (QED) is 0.556. The average molecular weight is 413 g/mol. The van der Waals surface area contributed by atoms with Gasteiger partial charge < -0.3 is 25.0 Å². The molecule has 1 amide bonds. The van der Waals surface area contributed by atoms with E-state index in [9.17, 15) is 10.1 Å². The molecule has 2 aromatic rings. The molecule has 0 bridgehead atoms. The van der Waals surface area contributed by atoms with E-state index in [-0.39, 0.29) is 5.57 Å². The number of methoxy groups -OCH3 is 1. The van der Waals surface area contributed by atoms with Crippen LogP contribution in [0.4, 0.5) is 17.1 Å². The Morgan fingerprint density at radius 3 is 2.72 bits per heavy atom. The van der Waals surface area contributed by atoms with E-state index in [2.05, 4.69) is 15.5 Å². The van der Waals surface area contributed by atoms with Gasteiger partial charge in [-0.1, -0.05) is 23.7 Å². The SMILES string of the molecule is COc1ccc(Cl)cc1NC(=O)/C(C#N)=C\Nc1ccccc1N1CCOCC1. The van der Waals surface area contributed by atoms with Gasteiger partial charge in [0, 0.05) is 24.3 Å². The minimum atomic E-state index is -0.565. The monoisotopic (exact) mass is 412 g/mol. The maximum Gasteiger partial charge on any atom is 0.267 e. The Labute approximate surface area is 174 Å². The molecule has 1 aliphatic rings. The predicted octanol–water partition coefficient (Wildman–Crippen LogP) is 3.64. The summed E-state index contributed by atoms with van der Waals surface area (Å²) in [6, 6.07) is 14.5. The molecule has 8 heteroatoms. The Hall–Kier alpha value is -3.21. The third-order valence-corrected chi connectivity index (χ3v) is 4.64. The number of rotatable bonds is 6. The number of amides is 1. The van der Waals surface area contributed by atoms with Crippen LogP contribution in [0.1, 0.15) is 0 Å². The van der Waals surface area contributed by atoms with Crippen LogP contribution in [0.3, 0.4) is 0 Å². The molecule has 2 aromatic carbocycles. The molecule has 150 valence electrons. The Morgan fingerprint density at radius 2 is 2.00 bits per heavy atom. The van der Waals surface area contributed by atoms with Gasteiger partial charge in [-0.25, -0.2) is 0 Å². The standard InChI is InChI=1S/C21H21ClN4O3/c1-28-20-7-6-16(22)12-18(20)25-21(27)15(13-23)14-24-17-4-2-3-5-19(17)26-8-10-29-11-9-26/h2-7,12,14,24H,8-11H2,1H3,(H,25,27)/b15-14-. The van der Waals surface area contributed by atoms with E-state index >= 15 is 0 Å². The number of nitrogens with zero attached hydrogens (tertiary/aromatic N) is 2. The maximum absolute atomic E-state index is 12.6. The molecule has 1 saturated heterocycles. The minimum Gasteiger partial charge on any atom is -0.495 e. The fraction of sp³-hybridized carbons (Fsp3) is 0.238. The first-order valence-electron chi connectivity index (χ1n) is 9.06. The summed E-state index contributed by atoms with van der Waals surface area (Å²) in [5.41, 5.74) is 2.10. The lowest BCUT2D eigenvalue weighted by Gasteiger charge is -2.30. The van der Waals surface area contributed by atoms with Crippen molar-refractivity contribution >= 4 is 34.6 Å². The van der Waals surface area contributed by atoms with Gasteiger partial charge in [-0.2, -0.15) is 5.26 Å². The normalized spacial score (nSPS) is 14.1. The molecular weight excluding hydrogens is 392 g/mol. The van der Waals surface area contributed by atoms with Gasteiger partial charge in [-0.05, 0) is 30.3 Å². The molecule has 3 rings (SSSR count). The van der Waals surface area contributed by atoms with Crippen molar-refractivity contribution in [2.45, 2.75) is 0 Å². The van der Waals surface area contributed by atoms with Gasteiger partial charge in [0.2, 0.25) is 0 Å². The summed E-state index contributed by atoms with van der Waals surface area (Å²) in [4.78, 5) is 14.8. The van der Waals surface area contributed by atoms with E-state index < -0.39 is 5.91 Å². The molecule has 0 spiro atoms. The molecule has 7 nitrogen and oxygen atoms in total. The lowest BCUT2D eigenvalue weighted by Crippen LogP contribution is -2.36. The van der Waals surface area contributed by atoms with Crippen LogP contribution in [-0.4, -0.2) is 39.3 Å². The third kappa shape index (κ3) is 5.19. The van der Waals surface area contributed by atoms with Crippen LogP contribution >= 0.6 is 11.6 Å². The van der Waals surface area contributed by atoms with Gasteiger partial charge in [-0.15, -0.1) is 0 Å². The highest BCUT2D eigenvalue weighted by molar-refractivity contribution is 6.31. The number of para-hydroxylation sites is 2. The van der Waals surface area contributed by atoms with E-state index in [0.29, 0.717) is 29.7 Å². The molecule has 0 atom stereocenters. The fourth-order valence-electron chi connectivity index (χ4n) is 2.94. The first-order valence-corrected chi connectivity index (χ1v) is 9.43. The highest BCUT2D eigenvalue weighted by Gasteiger charge is 2.16. The van der Waals surface area contributed by atoms with Crippen LogP contribution in [0, 0.1) is 11.3 Å². The number of benzene rings is 2. The molecule has 0 unspecified atom stereocenters. The summed E-state index contributed by atoms with van der Waals surface area (Å²) < 4.78 is 10.6. The van der Waals surface area contributed by atoms with Crippen LogP contribution in [0.2, 0.25) is 5.02 Å². The van der Waals surface area contributed by atoms with Crippen molar-refractivity contribution in [3.63, 3.8) is 0 Å². The summed E-state index contributed by atoms with van der Waals surface area (Å²) in [6.45, 7) is 2.89. The average Bonchev–Trinajstić information content (AvgIpc) is 2.75. The lowest BCUT2D eigenvalue weighted by atomic mass is 10.2. The van der Waals surface area contributed by atoms with Gasteiger partial charge in [0.25, 0.3) is 5.91 Å². The largest absolute Gasteiger partial charge is 0.495 e. The Kier molecular flexibility index (Phi) is 6.95. The molecule has 29 heavy (non-hydrogen) atoms. The summed E-state index contributed by atoms with van der Waals surface area (Å²) in [7, 11) is 1.49. The number of nitriles is 1. The number of carbonyl (C=O) groups excluding carboxylic acids is 1. The Balaban J connectivity index is 1.77. The smallest absolute Gasteiger partial charge is 0.267 e. The molecule has 2 N–H and O–H groups in total. The second-order valence-electron chi connectivity index (χ2n) is 6.23. The zero-order chi connectivity index (χ0) is 20.6. The number of carbonyl (C=O) groups is 1. The zero-order valence-electron chi connectivity index (χ0n) is 15.9. The summed E-state index contributed by atoms with van der Waals surface area (Å²) in [5.74, 6) is -0.116. The van der Waals surface area contributed by atoms with E-state index in [1.165, 1.54) is 13.3 Å². The Morgan fingerprint density at radius 1 is 1.24 bits per heavy atom. The number of halogens is 1. The van der Waals surface area contributed by atoms with Crippen LogP contribution in [-0.2, 0) is 9.53 Å². The number of anilines is 3. The van der Waals surface area contributed by atoms with Crippen molar-refractivity contribution in [1.29, 1.82) is 5.26 Å². The molecule has 0 radical (unpaired) electrons. The summed E-state index contributed by atoms with van der Waals surface area (Å²) in [5, 5.41) is 15.6. The van der Waals surface area contributed by atoms with Crippen molar-refractivity contribution in [2.24, 2.45) is 0 Å². The highest BCUT2D eigenvalue weighted by atomic mass is 35.5. The van der Waals surface area contributed by atoms with Gasteiger partial charge in [0.05, 0.1) is 37.4 Å². The second-order valence-corrected chi connectivity index (χ2v) is 6.67. The van der Waals surface area contributed by atoms with Crippen molar-refractivity contribution in [3.05, 3.63) is 59.3 Å². The van der Waals surface area contributed by atoms with E-state index in [4.69, 9.17) is 21.1 Å². The van der Waals surface area contributed by atoms with Crippen molar-refractivity contribution in [1.82, 2.24) is 0 Å². The first kappa shape index (κ1) is 20.5. The van der Waals surface area contributed by atoms with Gasteiger partial charge >= 0.3 is 0 Å². The van der Waals surface area contributed by atoms with Crippen molar-refractivity contribution in [3.8, 4) is 11.8 Å². The number of hydrogen-bond acceptors (Lipinski definition) is 6. The minimum absolute atomic E-state index is 0.0798. The molecule has 0 saturated carbocycles. The van der Waals surface area contributed by atoms with Gasteiger partial charge in [-0.3, -0.25) is 4.79 Å². The second kappa shape index (κ2) is 9.82. The molecule has 0 aromatic heterocycles. The topological polar surface area (TPSA) is 86.6 Å². The lowest BCUT2D eigenvalue weighted by molar-refractivity contribution is -0.112. The molecule has 1 fully saturated rings. The molecule has 1 heterocycles. The number of ether oxygens (including phenoxy) is 2. The Bertz CT molecular complexity index is 949. The van der Waals surface area contributed by atoms with Crippen LogP contribution in [0.25, 0.3) is 0 Å². The summed E-state index contributed by atoms with van der Waals surface area (Å²) in [6.07, 6.45) is 1.39. The van der Waals surface area contributed by atoms with Crippen molar-refractivity contribution in [2.75, 3.05) is 48.9 Å². The van der Waals surface area contributed by atoms with Crippen LogP contribution < -0.4 is 20.3 Å². The van der Waals surface area contributed by atoms with Crippen LogP contribution in [0.5, 0.6) is 5.75 Å².